The molecule has 0 heterocycles. The number of hydrogen-bond acceptors (Lipinski definition) is 3. The molecule has 0 unspecified atom stereocenters. The third-order valence-corrected chi connectivity index (χ3v) is 2.30. The van der Waals surface area contributed by atoms with Crippen molar-refractivity contribution < 1.29 is 14.4 Å². The Hall–Kier alpha value is -2.37. The van der Waals surface area contributed by atoms with E-state index in [-0.39, 0.29) is 30.3 Å². The summed E-state index contributed by atoms with van der Waals surface area (Å²) in [6.45, 7) is 5.00. The van der Waals surface area contributed by atoms with Crippen molar-refractivity contribution in [3.05, 3.63) is 29.8 Å². The van der Waals surface area contributed by atoms with Gasteiger partial charge in [0.15, 0.2) is 0 Å². The third kappa shape index (κ3) is 5.51. The first-order valence-electron chi connectivity index (χ1n) is 6.33. The third-order valence-electron chi connectivity index (χ3n) is 2.30. The molecule has 0 aliphatic heterocycles. The van der Waals surface area contributed by atoms with Gasteiger partial charge in [-0.2, -0.15) is 0 Å². The minimum atomic E-state index is -0.365. The lowest BCUT2D eigenvalue weighted by Crippen LogP contribution is -2.39. The lowest BCUT2D eigenvalue weighted by Gasteiger charge is -2.10. The van der Waals surface area contributed by atoms with Crippen LogP contribution in [0.5, 0.6) is 0 Å². The molecule has 3 amide bonds. The maximum absolute atomic E-state index is 11.9. The fourth-order valence-corrected chi connectivity index (χ4v) is 1.58. The van der Waals surface area contributed by atoms with E-state index in [2.05, 4.69) is 16.0 Å². The molecule has 1 aromatic rings. The molecule has 0 bridgehead atoms. The zero-order valence-corrected chi connectivity index (χ0v) is 11.8. The molecule has 0 aliphatic carbocycles. The molecule has 0 aliphatic rings. The fraction of sp³-hybridized carbons (Fsp3) is 0.357. The van der Waals surface area contributed by atoms with E-state index < -0.39 is 0 Å². The topological polar surface area (TPSA) is 87.3 Å². The van der Waals surface area contributed by atoms with Crippen molar-refractivity contribution >= 4 is 23.4 Å². The number of nitrogens with one attached hydrogen (secondary N) is 3. The van der Waals surface area contributed by atoms with Crippen molar-refractivity contribution in [1.82, 2.24) is 10.6 Å². The number of benzene rings is 1. The van der Waals surface area contributed by atoms with Gasteiger partial charge in [-0.25, -0.2) is 0 Å². The van der Waals surface area contributed by atoms with Gasteiger partial charge in [0.05, 0.1) is 6.54 Å². The predicted molar refractivity (Wildman–Crippen MR) is 76.4 cm³/mol. The number of rotatable bonds is 5. The normalized spacial score (nSPS) is 10.0. The van der Waals surface area contributed by atoms with Gasteiger partial charge in [-0.15, -0.1) is 0 Å². The molecule has 0 radical (unpaired) electrons. The predicted octanol–water partition coefficient (Wildman–Crippen LogP) is 0.899. The molecule has 108 valence electrons. The van der Waals surface area contributed by atoms with Crippen LogP contribution < -0.4 is 16.0 Å². The summed E-state index contributed by atoms with van der Waals surface area (Å²) in [6, 6.07) is 6.54. The van der Waals surface area contributed by atoms with Gasteiger partial charge in [-0.1, -0.05) is 6.07 Å². The summed E-state index contributed by atoms with van der Waals surface area (Å²) in [6.07, 6.45) is 0. The first-order valence-corrected chi connectivity index (χ1v) is 6.33. The van der Waals surface area contributed by atoms with Gasteiger partial charge >= 0.3 is 0 Å². The largest absolute Gasteiger partial charge is 0.352 e. The SMILES string of the molecule is CC(=O)Nc1cccc(C(=O)NCC(=O)NC(C)C)c1. The van der Waals surface area contributed by atoms with E-state index in [0.717, 1.165) is 0 Å². The highest BCUT2D eigenvalue weighted by Crippen LogP contribution is 2.10. The van der Waals surface area contributed by atoms with Crippen LogP contribution in [-0.4, -0.2) is 30.3 Å². The van der Waals surface area contributed by atoms with Crippen molar-refractivity contribution in [2.24, 2.45) is 0 Å². The molecule has 3 N–H and O–H groups in total. The zero-order valence-electron chi connectivity index (χ0n) is 11.8. The molecule has 0 atom stereocenters. The van der Waals surface area contributed by atoms with Crippen molar-refractivity contribution in [2.75, 3.05) is 11.9 Å². The van der Waals surface area contributed by atoms with Crippen LogP contribution in [-0.2, 0) is 9.59 Å². The number of anilines is 1. The van der Waals surface area contributed by atoms with Crippen LogP contribution in [0.1, 0.15) is 31.1 Å². The van der Waals surface area contributed by atoms with Crippen LogP contribution in [0.25, 0.3) is 0 Å². The van der Waals surface area contributed by atoms with E-state index in [1.807, 2.05) is 13.8 Å². The highest BCUT2D eigenvalue weighted by atomic mass is 16.2. The van der Waals surface area contributed by atoms with E-state index in [4.69, 9.17) is 0 Å². The Morgan fingerprint density at radius 2 is 1.90 bits per heavy atom. The molecule has 6 nitrogen and oxygen atoms in total. The highest BCUT2D eigenvalue weighted by molar-refractivity contribution is 5.98. The summed E-state index contributed by atoms with van der Waals surface area (Å²) in [5.41, 5.74) is 0.922. The van der Waals surface area contributed by atoms with Crippen molar-refractivity contribution in [2.45, 2.75) is 26.8 Å². The highest BCUT2D eigenvalue weighted by Gasteiger charge is 2.09. The molecule has 6 heteroatoms. The average Bonchev–Trinajstić information content (AvgIpc) is 2.34. The van der Waals surface area contributed by atoms with Crippen molar-refractivity contribution in [3.8, 4) is 0 Å². The Labute approximate surface area is 117 Å². The van der Waals surface area contributed by atoms with E-state index in [9.17, 15) is 14.4 Å². The maximum atomic E-state index is 11.9. The van der Waals surface area contributed by atoms with Gasteiger partial charge in [-0.05, 0) is 32.0 Å². The summed E-state index contributed by atoms with van der Waals surface area (Å²) in [7, 11) is 0. The van der Waals surface area contributed by atoms with Gasteiger partial charge in [0.2, 0.25) is 11.8 Å². The molecular weight excluding hydrogens is 258 g/mol. The van der Waals surface area contributed by atoms with Crippen LogP contribution >= 0.6 is 0 Å². The smallest absolute Gasteiger partial charge is 0.251 e. The number of hydrogen-bond donors (Lipinski definition) is 3. The molecule has 0 fully saturated rings. The van der Waals surface area contributed by atoms with Crippen molar-refractivity contribution in [3.63, 3.8) is 0 Å². The number of amides is 3. The summed E-state index contributed by atoms with van der Waals surface area (Å²) in [5, 5.41) is 7.79. The molecule has 0 saturated heterocycles. The first kappa shape index (κ1) is 15.7. The summed E-state index contributed by atoms with van der Waals surface area (Å²) >= 11 is 0. The van der Waals surface area contributed by atoms with Crippen LogP contribution in [0.4, 0.5) is 5.69 Å². The van der Waals surface area contributed by atoms with E-state index in [1.165, 1.54) is 6.92 Å². The van der Waals surface area contributed by atoms with Crippen LogP contribution in [0, 0.1) is 0 Å². The van der Waals surface area contributed by atoms with Gasteiger partial charge in [0.1, 0.15) is 0 Å². The molecule has 1 rings (SSSR count). The lowest BCUT2D eigenvalue weighted by molar-refractivity contribution is -0.120. The second-order valence-electron chi connectivity index (χ2n) is 4.67. The number of carbonyl (C=O) groups excluding carboxylic acids is 3. The van der Waals surface area contributed by atoms with Crippen LogP contribution in [0.3, 0.4) is 0 Å². The van der Waals surface area contributed by atoms with Crippen LogP contribution in [0.2, 0.25) is 0 Å². The Balaban J connectivity index is 2.59. The lowest BCUT2D eigenvalue weighted by atomic mass is 10.2. The van der Waals surface area contributed by atoms with E-state index >= 15 is 0 Å². The Morgan fingerprint density at radius 3 is 2.50 bits per heavy atom. The zero-order chi connectivity index (χ0) is 15.1. The summed E-state index contributed by atoms with van der Waals surface area (Å²) < 4.78 is 0. The minimum Gasteiger partial charge on any atom is -0.352 e. The average molecular weight is 277 g/mol. The second-order valence-corrected chi connectivity index (χ2v) is 4.67. The standard InChI is InChI=1S/C14H19N3O3/c1-9(2)16-13(19)8-15-14(20)11-5-4-6-12(7-11)17-10(3)18/h4-7,9H,8H2,1-3H3,(H,15,20)(H,16,19)(H,17,18). The minimum absolute atomic E-state index is 0.0301. The summed E-state index contributed by atoms with van der Waals surface area (Å²) in [4.78, 5) is 34.2. The van der Waals surface area contributed by atoms with Crippen molar-refractivity contribution in [1.29, 1.82) is 0 Å². The molecule has 20 heavy (non-hydrogen) atoms. The monoisotopic (exact) mass is 277 g/mol. The van der Waals surface area contributed by atoms with E-state index in [1.54, 1.807) is 24.3 Å². The van der Waals surface area contributed by atoms with Gasteiger partial charge in [0, 0.05) is 24.2 Å². The molecular formula is C14H19N3O3. The first-order chi connectivity index (χ1) is 9.38. The summed E-state index contributed by atoms with van der Waals surface area (Å²) in [5.74, 6) is -0.818. The van der Waals surface area contributed by atoms with Gasteiger partial charge in [-0.3, -0.25) is 14.4 Å². The molecule has 0 spiro atoms. The number of carbonyl (C=O) groups is 3. The fourth-order valence-electron chi connectivity index (χ4n) is 1.58. The Bertz CT molecular complexity index is 512. The molecule has 0 saturated carbocycles. The van der Waals surface area contributed by atoms with Gasteiger partial charge in [0.25, 0.3) is 5.91 Å². The van der Waals surface area contributed by atoms with Crippen LogP contribution in [0.15, 0.2) is 24.3 Å². The maximum Gasteiger partial charge on any atom is 0.251 e. The molecule has 0 aromatic heterocycles. The second kappa shape index (κ2) is 7.28. The van der Waals surface area contributed by atoms with Gasteiger partial charge < -0.3 is 16.0 Å². The Kier molecular flexibility index (Phi) is 5.71. The Morgan fingerprint density at radius 1 is 1.20 bits per heavy atom. The molecule has 1 aromatic carbocycles. The quantitative estimate of drug-likeness (QED) is 0.747. The van der Waals surface area contributed by atoms with E-state index in [0.29, 0.717) is 11.3 Å².